The number of carbonyl (C=O) groups excluding carboxylic acids is 1. The molecule has 4 nitrogen and oxygen atoms in total. The second kappa shape index (κ2) is 7.09. The van der Waals surface area contributed by atoms with Gasteiger partial charge in [-0.25, -0.2) is 5.43 Å². The Hall–Kier alpha value is -1.26. The van der Waals surface area contributed by atoms with Gasteiger partial charge in [-0.05, 0) is 30.7 Å². The number of halogens is 1. The highest BCUT2D eigenvalue weighted by Gasteiger charge is 1.99. The van der Waals surface area contributed by atoms with Gasteiger partial charge in [0.05, 0.1) is 6.61 Å². The topological polar surface area (TPSA) is 50.4 Å². The summed E-state index contributed by atoms with van der Waals surface area (Å²) < 4.78 is 5.43. The summed E-state index contributed by atoms with van der Waals surface area (Å²) in [6, 6.07) is 7.14. The van der Waals surface area contributed by atoms with Crippen LogP contribution in [0.4, 0.5) is 0 Å². The van der Waals surface area contributed by atoms with Crippen LogP contribution in [0.5, 0.6) is 5.75 Å². The zero-order valence-electron chi connectivity index (χ0n) is 9.13. The van der Waals surface area contributed by atoms with E-state index < -0.39 is 0 Å². The molecule has 88 valence electrons. The predicted octanol–water partition coefficient (Wildman–Crippen LogP) is 1.75. The van der Waals surface area contributed by atoms with Crippen LogP contribution in [-0.2, 0) is 4.79 Å². The molecule has 0 atom stereocenters. The van der Waals surface area contributed by atoms with Crippen molar-refractivity contribution >= 4 is 17.5 Å². The van der Waals surface area contributed by atoms with Crippen molar-refractivity contribution in [1.82, 2.24) is 10.9 Å². The van der Waals surface area contributed by atoms with Gasteiger partial charge in [0.15, 0.2) is 0 Å². The van der Waals surface area contributed by atoms with Gasteiger partial charge in [-0.3, -0.25) is 10.2 Å². The molecule has 0 fully saturated rings. The van der Waals surface area contributed by atoms with Crippen molar-refractivity contribution in [3.63, 3.8) is 0 Å². The van der Waals surface area contributed by atoms with Gasteiger partial charge in [0, 0.05) is 18.5 Å². The standard InChI is InChI=1S/C11H15ClN2O2/c1-13-14-11(15)3-2-8-16-10-6-4-9(12)5-7-10/h4-7,13H,2-3,8H2,1H3,(H,14,15). The fraction of sp³-hybridized carbons (Fsp3) is 0.364. The number of hydrazine groups is 1. The van der Waals surface area contributed by atoms with E-state index >= 15 is 0 Å². The molecule has 16 heavy (non-hydrogen) atoms. The quantitative estimate of drug-likeness (QED) is 0.590. The number of nitrogens with one attached hydrogen (secondary N) is 2. The fourth-order valence-corrected chi connectivity index (χ4v) is 1.28. The average molecular weight is 243 g/mol. The highest BCUT2D eigenvalue weighted by molar-refractivity contribution is 6.30. The molecule has 1 rings (SSSR count). The van der Waals surface area contributed by atoms with Gasteiger partial charge < -0.3 is 4.74 Å². The number of benzene rings is 1. The van der Waals surface area contributed by atoms with Crippen molar-refractivity contribution in [3.8, 4) is 5.75 Å². The SMILES string of the molecule is CNNC(=O)CCCOc1ccc(Cl)cc1. The minimum atomic E-state index is -0.0396. The summed E-state index contributed by atoms with van der Waals surface area (Å²) in [5.74, 6) is 0.723. The molecule has 0 radical (unpaired) electrons. The van der Waals surface area contributed by atoms with Crippen LogP contribution in [0.15, 0.2) is 24.3 Å². The van der Waals surface area contributed by atoms with Crippen molar-refractivity contribution in [2.24, 2.45) is 0 Å². The number of ether oxygens (including phenoxy) is 1. The van der Waals surface area contributed by atoms with Crippen molar-refractivity contribution in [1.29, 1.82) is 0 Å². The molecule has 1 aromatic rings. The first-order valence-corrected chi connectivity index (χ1v) is 5.44. The van der Waals surface area contributed by atoms with Crippen LogP contribution in [0, 0.1) is 0 Å². The normalized spacial score (nSPS) is 9.88. The maximum Gasteiger partial charge on any atom is 0.234 e. The van der Waals surface area contributed by atoms with Crippen molar-refractivity contribution < 1.29 is 9.53 Å². The molecular formula is C11H15ClN2O2. The summed E-state index contributed by atoms with van der Waals surface area (Å²) >= 11 is 5.73. The van der Waals surface area contributed by atoms with E-state index in [1.807, 2.05) is 0 Å². The van der Waals surface area contributed by atoms with Crippen LogP contribution in [0.1, 0.15) is 12.8 Å². The van der Waals surface area contributed by atoms with Crippen LogP contribution in [0.25, 0.3) is 0 Å². The van der Waals surface area contributed by atoms with E-state index in [1.54, 1.807) is 31.3 Å². The highest BCUT2D eigenvalue weighted by atomic mass is 35.5. The maximum atomic E-state index is 11.1. The molecule has 0 aliphatic rings. The third kappa shape index (κ3) is 5.00. The molecule has 0 saturated heterocycles. The molecule has 0 spiro atoms. The summed E-state index contributed by atoms with van der Waals surface area (Å²) in [4.78, 5) is 11.1. The van der Waals surface area contributed by atoms with Gasteiger partial charge in [-0.2, -0.15) is 0 Å². The second-order valence-electron chi connectivity index (χ2n) is 3.20. The molecule has 0 aromatic heterocycles. The lowest BCUT2D eigenvalue weighted by atomic mass is 10.3. The van der Waals surface area contributed by atoms with E-state index in [1.165, 1.54) is 0 Å². The van der Waals surface area contributed by atoms with Crippen molar-refractivity contribution in [2.75, 3.05) is 13.7 Å². The van der Waals surface area contributed by atoms with E-state index in [9.17, 15) is 4.79 Å². The van der Waals surface area contributed by atoms with Crippen LogP contribution in [0.3, 0.4) is 0 Å². The molecule has 0 heterocycles. The van der Waals surface area contributed by atoms with Crippen LogP contribution in [0.2, 0.25) is 5.02 Å². The predicted molar refractivity (Wildman–Crippen MR) is 63.4 cm³/mol. The highest BCUT2D eigenvalue weighted by Crippen LogP contribution is 2.15. The minimum absolute atomic E-state index is 0.0396. The summed E-state index contributed by atoms with van der Waals surface area (Å²) in [7, 11) is 1.65. The van der Waals surface area contributed by atoms with Gasteiger partial charge in [0.1, 0.15) is 5.75 Å². The third-order valence-electron chi connectivity index (χ3n) is 1.89. The largest absolute Gasteiger partial charge is 0.494 e. The average Bonchev–Trinajstić information content (AvgIpc) is 2.27. The third-order valence-corrected chi connectivity index (χ3v) is 2.15. The van der Waals surface area contributed by atoms with E-state index in [0.29, 0.717) is 24.5 Å². The lowest BCUT2D eigenvalue weighted by molar-refractivity contribution is -0.122. The van der Waals surface area contributed by atoms with E-state index in [0.717, 1.165) is 5.75 Å². The molecule has 0 saturated carbocycles. The molecule has 0 aliphatic heterocycles. The summed E-state index contributed by atoms with van der Waals surface area (Å²) in [5, 5.41) is 0.681. The van der Waals surface area contributed by atoms with E-state index in [4.69, 9.17) is 16.3 Å². The Kier molecular flexibility index (Phi) is 5.67. The second-order valence-corrected chi connectivity index (χ2v) is 3.64. The van der Waals surface area contributed by atoms with E-state index in [-0.39, 0.29) is 5.91 Å². The smallest absolute Gasteiger partial charge is 0.234 e. The van der Waals surface area contributed by atoms with Gasteiger partial charge >= 0.3 is 0 Å². The summed E-state index contributed by atoms with van der Waals surface area (Å²) in [6.45, 7) is 0.513. The van der Waals surface area contributed by atoms with Gasteiger partial charge in [0.2, 0.25) is 5.91 Å². The van der Waals surface area contributed by atoms with Crippen LogP contribution in [-0.4, -0.2) is 19.6 Å². The zero-order chi connectivity index (χ0) is 11.8. The molecule has 1 amide bonds. The molecule has 5 heteroatoms. The first kappa shape index (κ1) is 12.8. The maximum absolute atomic E-state index is 11.1. The molecule has 0 bridgehead atoms. The lowest BCUT2D eigenvalue weighted by Gasteiger charge is -2.06. The van der Waals surface area contributed by atoms with Gasteiger partial charge in [0.25, 0.3) is 0 Å². The van der Waals surface area contributed by atoms with Crippen LogP contribution >= 0.6 is 11.6 Å². The molecule has 1 aromatic carbocycles. The number of hydrogen-bond acceptors (Lipinski definition) is 3. The number of hydrogen-bond donors (Lipinski definition) is 2. The first-order valence-electron chi connectivity index (χ1n) is 5.06. The molecule has 2 N–H and O–H groups in total. The lowest BCUT2D eigenvalue weighted by Crippen LogP contribution is -2.34. The Morgan fingerprint density at radius 1 is 1.38 bits per heavy atom. The van der Waals surface area contributed by atoms with Crippen molar-refractivity contribution in [2.45, 2.75) is 12.8 Å². The Balaban J connectivity index is 2.16. The number of amides is 1. The molecule has 0 unspecified atom stereocenters. The van der Waals surface area contributed by atoms with Crippen molar-refractivity contribution in [3.05, 3.63) is 29.3 Å². The minimum Gasteiger partial charge on any atom is -0.494 e. The Bertz CT molecular complexity index is 327. The Labute approximate surface area is 99.9 Å². The van der Waals surface area contributed by atoms with E-state index in [2.05, 4.69) is 10.9 Å². The Morgan fingerprint density at radius 3 is 2.69 bits per heavy atom. The Morgan fingerprint density at radius 2 is 2.06 bits per heavy atom. The number of carbonyl (C=O) groups is 1. The monoisotopic (exact) mass is 242 g/mol. The number of rotatable bonds is 6. The molecule has 0 aliphatic carbocycles. The van der Waals surface area contributed by atoms with Crippen LogP contribution < -0.4 is 15.6 Å². The first-order chi connectivity index (χ1) is 7.72. The molecular weight excluding hydrogens is 228 g/mol. The summed E-state index contributed by atoms with van der Waals surface area (Å²) in [5.41, 5.74) is 5.07. The fourth-order valence-electron chi connectivity index (χ4n) is 1.16. The van der Waals surface area contributed by atoms with Gasteiger partial charge in [-0.15, -0.1) is 0 Å². The van der Waals surface area contributed by atoms with Gasteiger partial charge in [-0.1, -0.05) is 11.6 Å². The summed E-state index contributed by atoms with van der Waals surface area (Å²) in [6.07, 6.45) is 1.12. The zero-order valence-corrected chi connectivity index (χ0v) is 9.88.